The normalized spacial score (nSPS) is 15.4. The van der Waals surface area contributed by atoms with Gasteiger partial charge in [0.2, 0.25) is 5.88 Å². The quantitative estimate of drug-likeness (QED) is 0.591. The summed E-state index contributed by atoms with van der Waals surface area (Å²) in [5.74, 6) is 0.546. The van der Waals surface area contributed by atoms with Gasteiger partial charge < -0.3 is 20.0 Å². The molecule has 1 aliphatic heterocycles. The summed E-state index contributed by atoms with van der Waals surface area (Å²) in [6.07, 6.45) is 0.321. The summed E-state index contributed by atoms with van der Waals surface area (Å²) >= 11 is 0. The van der Waals surface area contributed by atoms with Crippen LogP contribution in [0.4, 0.5) is 0 Å². The van der Waals surface area contributed by atoms with Crippen molar-refractivity contribution in [3.05, 3.63) is 80.5 Å². The number of nitrogens with one attached hydrogen (secondary N) is 2. The summed E-state index contributed by atoms with van der Waals surface area (Å²) in [5, 5.41) is 15.1. The SMILES string of the molecule is COc1ccccc1[C@@H]1CC(c2c(O)n(-c3ccccc3OC)c(=O)[nH]c2=O)=NN1. The molecule has 3 N–H and O–H groups in total. The summed E-state index contributed by atoms with van der Waals surface area (Å²) in [6, 6.07) is 13.9. The molecule has 3 aromatic rings. The van der Waals surface area contributed by atoms with Crippen molar-refractivity contribution in [2.24, 2.45) is 5.10 Å². The fourth-order valence-electron chi connectivity index (χ4n) is 3.56. The zero-order chi connectivity index (χ0) is 21.3. The highest BCUT2D eigenvalue weighted by molar-refractivity contribution is 6.03. The number of ether oxygens (including phenoxy) is 2. The number of hydrogen-bond donors (Lipinski definition) is 3. The van der Waals surface area contributed by atoms with Crippen LogP contribution in [0.5, 0.6) is 17.4 Å². The maximum Gasteiger partial charge on any atom is 0.335 e. The van der Waals surface area contributed by atoms with Crippen molar-refractivity contribution in [3.63, 3.8) is 0 Å². The second-order valence-electron chi connectivity index (χ2n) is 6.65. The van der Waals surface area contributed by atoms with E-state index < -0.39 is 17.1 Å². The minimum absolute atomic E-state index is 0.0783. The van der Waals surface area contributed by atoms with E-state index in [2.05, 4.69) is 15.5 Å². The Labute approximate surface area is 171 Å². The number of methoxy groups -OCH3 is 2. The van der Waals surface area contributed by atoms with Crippen molar-refractivity contribution in [2.75, 3.05) is 14.2 Å². The van der Waals surface area contributed by atoms with Crippen molar-refractivity contribution in [1.82, 2.24) is 15.0 Å². The van der Waals surface area contributed by atoms with Gasteiger partial charge in [-0.15, -0.1) is 0 Å². The fourth-order valence-corrected chi connectivity index (χ4v) is 3.56. The van der Waals surface area contributed by atoms with Gasteiger partial charge in [0.15, 0.2) is 0 Å². The van der Waals surface area contributed by atoms with E-state index in [0.717, 1.165) is 10.1 Å². The molecule has 30 heavy (non-hydrogen) atoms. The van der Waals surface area contributed by atoms with Crippen molar-refractivity contribution in [2.45, 2.75) is 12.5 Å². The lowest BCUT2D eigenvalue weighted by molar-refractivity contribution is 0.401. The number of aromatic nitrogens is 2. The maximum absolute atomic E-state index is 12.6. The average Bonchev–Trinajstić information content (AvgIpc) is 3.23. The average molecular weight is 408 g/mol. The third-order valence-electron chi connectivity index (χ3n) is 4.97. The minimum Gasteiger partial charge on any atom is -0.496 e. The molecule has 1 atom stereocenters. The van der Waals surface area contributed by atoms with E-state index in [9.17, 15) is 14.7 Å². The van der Waals surface area contributed by atoms with E-state index in [1.807, 2.05) is 24.3 Å². The molecular weight excluding hydrogens is 388 g/mol. The number of rotatable bonds is 5. The van der Waals surface area contributed by atoms with E-state index in [1.165, 1.54) is 7.11 Å². The number of hydrazone groups is 1. The smallest absolute Gasteiger partial charge is 0.335 e. The predicted molar refractivity (Wildman–Crippen MR) is 111 cm³/mol. The summed E-state index contributed by atoms with van der Waals surface area (Å²) in [4.78, 5) is 27.3. The van der Waals surface area contributed by atoms with Gasteiger partial charge in [0.1, 0.15) is 17.1 Å². The molecule has 4 rings (SSSR count). The lowest BCUT2D eigenvalue weighted by Crippen LogP contribution is -2.33. The summed E-state index contributed by atoms with van der Waals surface area (Å²) in [6.45, 7) is 0. The lowest BCUT2D eigenvalue weighted by Gasteiger charge is -2.15. The Hall–Kier alpha value is -4.01. The first-order valence-corrected chi connectivity index (χ1v) is 9.22. The van der Waals surface area contributed by atoms with Gasteiger partial charge in [-0.3, -0.25) is 9.78 Å². The first kappa shape index (κ1) is 19.3. The van der Waals surface area contributed by atoms with Gasteiger partial charge in [0.25, 0.3) is 5.56 Å². The fraction of sp³-hybridized carbons (Fsp3) is 0.190. The van der Waals surface area contributed by atoms with Crippen molar-refractivity contribution >= 4 is 5.71 Å². The van der Waals surface area contributed by atoms with Crippen LogP contribution in [-0.2, 0) is 0 Å². The standard InChI is InChI=1S/C21H20N4O5/c1-29-16-9-5-3-7-12(16)13-11-14(24-23-13)18-19(26)22-21(28)25(20(18)27)15-8-4-6-10-17(15)30-2/h3-10,13,23,27H,11H2,1-2H3,(H,22,26,28)/t13-/m0/s1. The Balaban J connectivity index is 1.78. The first-order valence-electron chi connectivity index (χ1n) is 9.22. The molecular formula is C21H20N4O5. The Morgan fingerprint density at radius 2 is 1.70 bits per heavy atom. The zero-order valence-electron chi connectivity index (χ0n) is 16.4. The topological polar surface area (TPSA) is 118 Å². The molecule has 9 heteroatoms. The maximum atomic E-state index is 12.6. The Bertz CT molecular complexity index is 1240. The number of H-pyrrole nitrogens is 1. The van der Waals surface area contributed by atoms with E-state index in [-0.39, 0.29) is 11.6 Å². The van der Waals surface area contributed by atoms with Crippen molar-refractivity contribution in [1.29, 1.82) is 0 Å². The van der Waals surface area contributed by atoms with E-state index in [1.54, 1.807) is 31.4 Å². The molecule has 0 radical (unpaired) electrons. The van der Waals surface area contributed by atoms with E-state index >= 15 is 0 Å². The number of para-hydroxylation sites is 3. The molecule has 2 aromatic carbocycles. The largest absolute Gasteiger partial charge is 0.496 e. The van der Waals surface area contributed by atoms with Gasteiger partial charge in [-0.05, 0) is 18.2 Å². The molecule has 2 heterocycles. The molecule has 0 spiro atoms. The summed E-state index contributed by atoms with van der Waals surface area (Å²) < 4.78 is 11.7. The monoisotopic (exact) mass is 408 g/mol. The highest BCUT2D eigenvalue weighted by atomic mass is 16.5. The molecule has 154 valence electrons. The summed E-state index contributed by atoms with van der Waals surface area (Å²) in [7, 11) is 3.03. The molecule has 0 unspecified atom stereocenters. The number of nitrogens with zero attached hydrogens (tertiary/aromatic N) is 2. The molecule has 0 bridgehead atoms. The van der Waals surface area contributed by atoms with Crippen LogP contribution in [0.2, 0.25) is 0 Å². The predicted octanol–water partition coefficient (Wildman–Crippen LogP) is 1.69. The molecule has 0 aliphatic carbocycles. The molecule has 0 saturated carbocycles. The molecule has 0 amide bonds. The number of aromatic hydroxyl groups is 1. The third-order valence-corrected chi connectivity index (χ3v) is 4.97. The zero-order valence-corrected chi connectivity index (χ0v) is 16.4. The van der Waals surface area contributed by atoms with Crippen LogP contribution in [0.1, 0.15) is 23.6 Å². The number of benzene rings is 2. The second kappa shape index (κ2) is 7.78. The Morgan fingerprint density at radius 1 is 1.03 bits per heavy atom. The first-order chi connectivity index (χ1) is 14.5. The van der Waals surface area contributed by atoms with Gasteiger partial charge in [0, 0.05) is 12.0 Å². The van der Waals surface area contributed by atoms with Crippen LogP contribution in [0.25, 0.3) is 5.69 Å². The van der Waals surface area contributed by atoms with E-state index in [0.29, 0.717) is 29.3 Å². The Kier molecular flexibility index (Phi) is 5.01. The minimum atomic E-state index is -0.779. The van der Waals surface area contributed by atoms with Crippen LogP contribution < -0.4 is 26.1 Å². The van der Waals surface area contributed by atoms with Gasteiger partial charge in [0.05, 0.1) is 31.7 Å². The number of aromatic amines is 1. The van der Waals surface area contributed by atoms with Crippen LogP contribution in [0, 0.1) is 0 Å². The Morgan fingerprint density at radius 3 is 2.43 bits per heavy atom. The van der Waals surface area contributed by atoms with Crippen molar-refractivity contribution < 1.29 is 14.6 Å². The molecule has 1 aliphatic rings. The van der Waals surface area contributed by atoms with E-state index in [4.69, 9.17) is 9.47 Å². The van der Waals surface area contributed by atoms with Gasteiger partial charge in [-0.25, -0.2) is 9.36 Å². The second-order valence-corrected chi connectivity index (χ2v) is 6.65. The van der Waals surface area contributed by atoms with Crippen LogP contribution in [0.3, 0.4) is 0 Å². The van der Waals surface area contributed by atoms with Gasteiger partial charge in [-0.2, -0.15) is 5.10 Å². The molecule has 9 nitrogen and oxygen atoms in total. The highest BCUT2D eigenvalue weighted by Crippen LogP contribution is 2.32. The summed E-state index contributed by atoms with van der Waals surface area (Å²) in [5.41, 5.74) is 2.90. The van der Waals surface area contributed by atoms with Gasteiger partial charge in [-0.1, -0.05) is 30.3 Å². The van der Waals surface area contributed by atoms with Crippen LogP contribution in [-0.4, -0.2) is 34.6 Å². The highest BCUT2D eigenvalue weighted by Gasteiger charge is 2.29. The van der Waals surface area contributed by atoms with Gasteiger partial charge >= 0.3 is 5.69 Å². The number of hydrogen-bond acceptors (Lipinski definition) is 7. The van der Waals surface area contributed by atoms with Crippen LogP contribution >= 0.6 is 0 Å². The lowest BCUT2D eigenvalue weighted by atomic mass is 9.99. The van der Waals surface area contributed by atoms with Crippen LogP contribution in [0.15, 0.2) is 63.2 Å². The third kappa shape index (κ3) is 3.20. The van der Waals surface area contributed by atoms with Crippen molar-refractivity contribution in [3.8, 4) is 23.1 Å². The molecule has 1 aromatic heterocycles. The molecule has 0 saturated heterocycles. The molecule has 0 fully saturated rings.